The van der Waals surface area contributed by atoms with E-state index in [0.29, 0.717) is 5.56 Å². The van der Waals surface area contributed by atoms with Gasteiger partial charge >= 0.3 is 5.97 Å². The van der Waals surface area contributed by atoms with Crippen molar-refractivity contribution in [1.29, 1.82) is 0 Å². The van der Waals surface area contributed by atoms with E-state index in [1.165, 1.54) is 25.7 Å². The van der Waals surface area contributed by atoms with E-state index in [-0.39, 0.29) is 12.2 Å². The summed E-state index contributed by atoms with van der Waals surface area (Å²) < 4.78 is 9.53. The predicted molar refractivity (Wildman–Crippen MR) is 46.2 cm³/mol. The van der Waals surface area contributed by atoms with E-state index in [4.69, 9.17) is 14.3 Å². The van der Waals surface area contributed by atoms with Gasteiger partial charge in [0.2, 0.25) is 0 Å². The first kappa shape index (κ1) is 9.54. The molecule has 0 amide bonds. The van der Waals surface area contributed by atoms with Crippen LogP contribution in [0.15, 0.2) is 29.1 Å². The van der Waals surface area contributed by atoms with Crippen molar-refractivity contribution in [2.75, 3.05) is 13.7 Å². The van der Waals surface area contributed by atoms with Crippen molar-refractivity contribution in [2.45, 2.75) is 0 Å². The number of hydrogen-bond donors (Lipinski definition) is 1. The Labute approximate surface area is 75.4 Å². The summed E-state index contributed by atoms with van der Waals surface area (Å²) >= 11 is 0. The highest BCUT2D eigenvalue weighted by Gasteiger charge is 2.10. The van der Waals surface area contributed by atoms with E-state index in [1.807, 2.05) is 0 Å². The summed E-state index contributed by atoms with van der Waals surface area (Å²) in [5.41, 5.74) is 0.736. The molecule has 1 aromatic heterocycles. The van der Waals surface area contributed by atoms with E-state index in [2.05, 4.69) is 0 Å². The molecule has 1 heterocycles. The number of carboxylic acid groups (broad SMARTS) is 1. The minimum Gasteiger partial charge on any atom is -0.478 e. The van der Waals surface area contributed by atoms with Crippen LogP contribution in [0.2, 0.25) is 0 Å². The Hall–Kier alpha value is -1.55. The molecule has 0 aliphatic rings. The third kappa shape index (κ3) is 2.45. The third-order valence-corrected chi connectivity index (χ3v) is 1.52. The van der Waals surface area contributed by atoms with Gasteiger partial charge in [0, 0.05) is 12.7 Å². The second-order valence-corrected chi connectivity index (χ2v) is 2.39. The third-order valence-electron chi connectivity index (χ3n) is 1.52. The van der Waals surface area contributed by atoms with E-state index in [9.17, 15) is 4.79 Å². The van der Waals surface area contributed by atoms with Crippen LogP contribution in [0.1, 0.15) is 5.56 Å². The molecule has 0 aliphatic heterocycles. The van der Waals surface area contributed by atoms with Crippen LogP contribution < -0.4 is 0 Å². The van der Waals surface area contributed by atoms with Crippen LogP contribution in [0.25, 0.3) is 5.57 Å². The number of furan rings is 1. The standard InChI is InChI=1S/C9H10O4/c1-12-4-3-8(9(10)11)7-2-5-13-6-7/h2-3,5-6H,4H2,1H3,(H,10,11)/b8-3+. The first-order chi connectivity index (χ1) is 6.25. The normalized spacial score (nSPS) is 11.6. The monoisotopic (exact) mass is 182 g/mol. The summed E-state index contributed by atoms with van der Waals surface area (Å²) in [4.78, 5) is 10.7. The Bertz CT molecular complexity index is 297. The van der Waals surface area contributed by atoms with Crippen LogP contribution in [-0.2, 0) is 9.53 Å². The van der Waals surface area contributed by atoms with Gasteiger partial charge in [0.15, 0.2) is 0 Å². The van der Waals surface area contributed by atoms with Crippen molar-refractivity contribution >= 4 is 11.5 Å². The number of methoxy groups -OCH3 is 1. The summed E-state index contributed by atoms with van der Waals surface area (Å²) in [5.74, 6) is -0.988. The van der Waals surface area contributed by atoms with Crippen molar-refractivity contribution in [3.8, 4) is 0 Å². The minimum absolute atomic E-state index is 0.190. The Kier molecular flexibility index (Phi) is 3.28. The molecule has 13 heavy (non-hydrogen) atoms. The van der Waals surface area contributed by atoms with E-state index in [1.54, 1.807) is 6.07 Å². The molecule has 0 unspecified atom stereocenters. The SMILES string of the molecule is COC/C=C(/C(=O)O)c1ccoc1. The topological polar surface area (TPSA) is 59.7 Å². The quantitative estimate of drug-likeness (QED) is 0.715. The molecule has 0 radical (unpaired) electrons. The molecule has 0 atom stereocenters. The zero-order valence-corrected chi connectivity index (χ0v) is 7.19. The van der Waals surface area contributed by atoms with Crippen LogP contribution in [0.3, 0.4) is 0 Å². The highest BCUT2D eigenvalue weighted by molar-refractivity contribution is 6.15. The zero-order chi connectivity index (χ0) is 9.68. The number of ether oxygens (including phenoxy) is 1. The van der Waals surface area contributed by atoms with Crippen LogP contribution in [0, 0.1) is 0 Å². The predicted octanol–water partition coefficient (Wildman–Crippen LogP) is 1.39. The number of aliphatic carboxylic acids is 1. The Morgan fingerprint density at radius 3 is 3.00 bits per heavy atom. The molecule has 0 aromatic carbocycles. The summed E-state index contributed by atoms with van der Waals surface area (Å²) in [7, 11) is 1.51. The maximum atomic E-state index is 10.7. The lowest BCUT2D eigenvalue weighted by atomic mass is 10.1. The lowest BCUT2D eigenvalue weighted by molar-refractivity contribution is -0.130. The molecule has 1 aromatic rings. The van der Waals surface area contributed by atoms with E-state index in [0.717, 1.165) is 0 Å². The van der Waals surface area contributed by atoms with Gasteiger partial charge in [0.1, 0.15) is 0 Å². The number of hydrogen-bond acceptors (Lipinski definition) is 3. The molecule has 0 aliphatic carbocycles. The van der Waals surface area contributed by atoms with E-state index < -0.39 is 5.97 Å². The molecular weight excluding hydrogens is 172 g/mol. The van der Waals surface area contributed by atoms with E-state index >= 15 is 0 Å². The summed E-state index contributed by atoms with van der Waals surface area (Å²) in [6.45, 7) is 0.271. The highest BCUT2D eigenvalue weighted by atomic mass is 16.5. The first-order valence-corrected chi connectivity index (χ1v) is 3.70. The largest absolute Gasteiger partial charge is 0.478 e. The maximum Gasteiger partial charge on any atom is 0.336 e. The molecular formula is C9H10O4. The van der Waals surface area contributed by atoms with Gasteiger partial charge in [-0.15, -0.1) is 0 Å². The molecule has 1 rings (SSSR count). The van der Waals surface area contributed by atoms with Crippen LogP contribution in [0.5, 0.6) is 0 Å². The van der Waals surface area contributed by atoms with Gasteiger partial charge in [-0.05, 0) is 12.1 Å². The molecule has 0 bridgehead atoms. The zero-order valence-electron chi connectivity index (χ0n) is 7.19. The first-order valence-electron chi connectivity index (χ1n) is 3.70. The van der Waals surface area contributed by atoms with Crippen molar-refractivity contribution in [2.24, 2.45) is 0 Å². The molecule has 0 spiro atoms. The fraction of sp³-hybridized carbons (Fsp3) is 0.222. The van der Waals surface area contributed by atoms with Gasteiger partial charge in [-0.25, -0.2) is 4.79 Å². The minimum atomic E-state index is -0.988. The van der Waals surface area contributed by atoms with Gasteiger partial charge in [0.25, 0.3) is 0 Å². The average Bonchev–Trinajstić information content (AvgIpc) is 2.57. The van der Waals surface area contributed by atoms with Crippen LogP contribution >= 0.6 is 0 Å². The molecule has 1 N–H and O–H groups in total. The van der Waals surface area contributed by atoms with Crippen molar-refractivity contribution in [3.05, 3.63) is 30.2 Å². The lowest BCUT2D eigenvalue weighted by Crippen LogP contribution is -2.00. The Morgan fingerprint density at radius 2 is 2.54 bits per heavy atom. The van der Waals surface area contributed by atoms with Crippen LogP contribution in [0.4, 0.5) is 0 Å². The van der Waals surface area contributed by atoms with Gasteiger partial charge in [-0.1, -0.05) is 0 Å². The molecule has 0 saturated carbocycles. The van der Waals surface area contributed by atoms with Crippen molar-refractivity contribution in [3.63, 3.8) is 0 Å². The van der Waals surface area contributed by atoms with Gasteiger partial charge in [0.05, 0.1) is 24.7 Å². The smallest absolute Gasteiger partial charge is 0.336 e. The fourth-order valence-corrected chi connectivity index (χ4v) is 0.913. The Balaban J connectivity index is 2.87. The molecule has 4 nitrogen and oxygen atoms in total. The van der Waals surface area contributed by atoms with Crippen molar-refractivity contribution in [1.82, 2.24) is 0 Å². The molecule has 0 saturated heterocycles. The highest BCUT2D eigenvalue weighted by Crippen LogP contribution is 2.14. The summed E-state index contributed by atoms with van der Waals surface area (Å²) in [6, 6.07) is 1.59. The second kappa shape index (κ2) is 4.47. The van der Waals surface area contributed by atoms with Gasteiger partial charge in [-0.2, -0.15) is 0 Å². The number of carboxylic acids is 1. The number of rotatable bonds is 4. The molecule has 70 valence electrons. The molecule has 4 heteroatoms. The number of carbonyl (C=O) groups is 1. The van der Waals surface area contributed by atoms with Crippen molar-refractivity contribution < 1.29 is 19.1 Å². The summed E-state index contributed by atoms with van der Waals surface area (Å²) in [6.07, 6.45) is 4.31. The lowest BCUT2D eigenvalue weighted by Gasteiger charge is -1.97. The fourth-order valence-electron chi connectivity index (χ4n) is 0.913. The average molecular weight is 182 g/mol. The Morgan fingerprint density at radius 1 is 1.77 bits per heavy atom. The van der Waals surface area contributed by atoms with Gasteiger partial charge in [-0.3, -0.25) is 0 Å². The summed E-state index contributed by atoms with van der Waals surface area (Å²) in [5, 5.41) is 8.81. The van der Waals surface area contributed by atoms with Crippen LogP contribution in [-0.4, -0.2) is 24.8 Å². The molecule has 0 fully saturated rings. The second-order valence-electron chi connectivity index (χ2n) is 2.39. The maximum absolute atomic E-state index is 10.7. The van der Waals surface area contributed by atoms with Gasteiger partial charge < -0.3 is 14.3 Å².